The van der Waals surface area contributed by atoms with Crippen molar-refractivity contribution in [2.75, 3.05) is 15.8 Å². The highest BCUT2D eigenvalue weighted by molar-refractivity contribution is 7.92. The fraction of sp³-hybridized carbons (Fsp3) is 0.0714. The maximum atomic E-state index is 12.6. The number of rotatable bonds is 4. The van der Waals surface area contributed by atoms with Gasteiger partial charge >= 0.3 is 0 Å². The number of nitrogens with zero attached hydrogens (tertiary/aromatic N) is 1. The van der Waals surface area contributed by atoms with Crippen molar-refractivity contribution in [2.45, 2.75) is 11.3 Å². The fourth-order valence-electron chi connectivity index (χ4n) is 2.41. The zero-order chi connectivity index (χ0) is 18.4. The Balaban J connectivity index is 1.99. The van der Waals surface area contributed by atoms with Crippen LogP contribution in [0.1, 0.15) is 5.56 Å². The molecule has 0 radical (unpaired) electrons. The zero-order valence-corrected chi connectivity index (χ0v) is 14.0. The molecule has 1 heterocycles. The van der Waals surface area contributed by atoms with Gasteiger partial charge in [0, 0.05) is 11.8 Å². The number of nitro groups is 1. The lowest BCUT2D eigenvalue weighted by Crippen LogP contribution is -2.14. The van der Waals surface area contributed by atoms with E-state index < -0.39 is 20.6 Å². The standard InChI is InChI=1S/C14H11ClN4O5S/c15-9-6-11-7(4-14(20)17-11)3-13(9)25(23,24)18-8-1-2-10(16)12(5-8)19(21)22/h1-3,5-6,18H,4,16H2,(H,17,20). The van der Waals surface area contributed by atoms with Crippen LogP contribution in [0.2, 0.25) is 5.02 Å². The summed E-state index contributed by atoms with van der Waals surface area (Å²) in [6.45, 7) is 0. The molecule has 1 aliphatic rings. The number of halogens is 1. The highest BCUT2D eigenvalue weighted by atomic mass is 35.5. The van der Waals surface area contributed by atoms with Crippen molar-refractivity contribution in [1.82, 2.24) is 0 Å². The van der Waals surface area contributed by atoms with Crippen LogP contribution in [-0.2, 0) is 21.2 Å². The van der Waals surface area contributed by atoms with Gasteiger partial charge in [0.2, 0.25) is 5.91 Å². The first kappa shape index (κ1) is 17.0. The molecule has 3 rings (SSSR count). The number of nitrogens with one attached hydrogen (secondary N) is 2. The average Bonchev–Trinajstić information content (AvgIpc) is 2.86. The maximum Gasteiger partial charge on any atom is 0.294 e. The van der Waals surface area contributed by atoms with E-state index >= 15 is 0 Å². The van der Waals surface area contributed by atoms with Gasteiger partial charge in [-0.25, -0.2) is 8.42 Å². The molecule has 130 valence electrons. The highest BCUT2D eigenvalue weighted by Gasteiger charge is 2.25. The monoisotopic (exact) mass is 382 g/mol. The van der Waals surface area contributed by atoms with Gasteiger partial charge in [0.1, 0.15) is 10.6 Å². The Bertz CT molecular complexity index is 1020. The third kappa shape index (κ3) is 3.21. The van der Waals surface area contributed by atoms with Crippen LogP contribution in [0.25, 0.3) is 0 Å². The minimum atomic E-state index is -4.12. The summed E-state index contributed by atoms with van der Waals surface area (Å²) in [5.74, 6) is -0.261. The fourth-order valence-corrected chi connectivity index (χ4v) is 4.04. The molecular weight excluding hydrogens is 372 g/mol. The second-order valence-electron chi connectivity index (χ2n) is 5.30. The molecule has 0 fully saturated rings. The van der Waals surface area contributed by atoms with Crippen LogP contribution in [-0.4, -0.2) is 19.2 Å². The third-order valence-electron chi connectivity index (χ3n) is 3.55. The highest BCUT2D eigenvalue weighted by Crippen LogP contribution is 2.33. The van der Waals surface area contributed by atoms with Crippen LogP contribution in [0.4, 0.5) is 22.7 Å². The summed E-state index contributed by atoms with van der Waals surface area (Å²) in [4.78, 5) is 21.4. The van der Waals surface area contributed by atoms with Crippen LogP contribution in [0, 0.1) is 10.1 Å². The molecule has 0 saturated carbocycles. The molecule has 1 amide bonds. The lowest BCUT2D eigenvalue weighted by molar-refractivity contribution is -0.383. The van der Waals surface area contributed by atoms with E-state index in [-0.39, 0.29) is 33.6 Å². The number of anilines is 3. The van der Waals surface area contributed by atoms with Gasteiger partial charge in [-0.15, -0.1) is 0 Å². The second kappa shape index (κ2) is 5.90. The Labute approximate surface area is 147 Å². The molecule has 11 heteroatoms. The first-order valence-electron chi connectivity index (χ1n) is 6.86. The van der Waals surface area contributed by atoms with E-state index in [0.717, 1.165) is 6.07 Å². The molecule has 0 aliphatic carbocycles. The van der Waals surface area contributed by atoms with Gasteiger partial charge in [0.25, 0.3) is 15.7 Å². The number of hydrogen-bond donors (Lipinski definition) is 3. The van der Waals surface area contributed by atoms with Crippen molar-refractivity contribution < 1.29 is 18.1 Å². The van der Waals surface area contributed by atoms with E-state index in [1.165, 1.54) is 24.3 Å². The number of nitrogens with two attached hydrogens (primary N) is 1. The lowest BCUT2D eigenvalue weighted by atomic mass is 10.2. The number of nitro benzene ring substituents is 1. The number of carbonyl (C=O) groups is 1. The van der Waals surface area contributed by atoms with Crippen LogP contribution < -0.4 is 15.8 Å². The molecule has 25 heavy (non-hydrogen) atoms. The maximum absolute atomic E-state index is 12.6. The number of hydrogen-bond acceptors (Lipinski definition) is 6. The molecule has 0 atom stereocenters. The van der Waals surface area contributed by atoms with Crippen LogP contribution >= 0.6 is 11.6 Å². The van der Waals surface area contributed by atoms with Crippen molar-refractivity contribution in [1.29, 1.82) is 0 Å². The quantitative estimate of drug-likeness (QED) is 0.419. The summed E-state index contributed by atoms with van der Waals surface area (Å²) < 4.78 is 27.4. The molecule has 1 aliphatic heterocycles. The largest absolute Gasteiger partial charge is 0.393 e. The molecule has 0 aromatic heterocycles. The van der Waals surface area contributed by atoms with Crippen molar-refractivity contribution in [3.8, 4) is 0 Å². The molecule has 4 N–H and O–H groups in total. The molecule has 0 bridgehead atoms. The molecule has 2 aromatic carbocycles. The van der Waals surface area contributed by atoms with Crippen molar-refractivity contribution in [3.63, 3.8) is 0 Å². The SMILES string of the molecule is Nc1ccc(NS(=O)(=O)c2cc3c(cc2Cl)NC(=O)C3)cc1[N+](=O)[O-]. The summed E-state index contributed by atoms with van der Waals surface area (Å²) in [7, 11) is -4.12. The van der Waals surface area contributed by atoms with Crippen LogP contribution in [0.15, 0.2) is 35.2 Å². The van der Waals surface area contributed by atoms with E-state index in [1.54, 1.807) is 0 Å². The number of carbonyl (C=O) groups excluding carboxylic acids is 1. The summed E-state index contributed by atoms with van der Waals surface area (Å²) in [5.41, 5.74) is 5.89. The summed E-state index contributed by atoms with van der Waals surface area (Å²) >= 11 is 6.01. The normalized spacial score (nSPS) is 13.2. The Hall–Kier alpha value is -2.85. The number of sulfonamides is 1. The van der Waals surface area contributed by atoms with Gasteiger partial charge in [0.15, 0.2) is 0 Å². The minimum Gasteiger partial charge on any atom is -0.393 e. The summed E-state index contributed by atoms with van der Waals surface area (Å²) in [6.07, 6.45) is 0.0440. The van der Waals surface area contributed by atoms with Gasteiger partial charge < -0.3 is 11.1 Å². The zero-order valence-electron chi connectivity index (χ0n) is 12.4. The number of benzene rings is 2. The predicted octanol–water partition coefficient (Wildman–Crippen LogP) is 2.13. The van der Waals surface area contributed by atoms with Crippen molar-refractivity contribution in [2.24, 2.45) is 0 Å². The Morgan fingerprint density at radius 3 is 2.68 bits per heavy atom. The molecular formula is C14H11ClN4O5S. The summed E-state index contributed by atoms with van der Waals surface area (Å²) in [5, 5.41) is 13.4. The van der Waals surface area contributed by atoms with Gasteiger partial charge in [0.05, 0.1) is 22.1 Å². The first-order chi connectivity index (χ1) is 11.7. The molecule has 0 saturated heterocycles. The van der Waals surface area contributed by atoms with Crippen LogP contribution in [0.5, 0.6) is 0 Å². The smallest absolute Gasteiger partial charge is 0.294 e. The Kier molecular flexibility index (Phi) is 4.01. The van der Waals surface area contributed by atoms with Gasteiger partial charge in [-0.05, 0) is 29.8 Å². The van der Waals surface area contributed by atoms with E-state index in [0.29, 0.717) is 11.3 Å². The van der Waals surface area contributed by atoms with Crippen molar-refractivity contribution >= 4 is 50.3 Å². The number of amides is 1. The van der Waals surface area contributed by atoms with Crippen LogP contribution in [0.3, 0.4) is 0 Å². The van der Waals surface area contributed by atoms with Gasteiger partial charge in [-0.3, -0.25) is 19.6 Å². The third-order valence-corrected chi connectivity index (χ3v) is 5.40. The van der Waals surface area contributed by atoms with E-state index in [4.69, 9.17) is 17.3 Å². The van der Waals surface area contributed by atoms with E-state index in [1.807, 2.05) is 0 Å². The topological polar surface area (TPSA) is 144 Å². The molecule has 9 nitrogen and oxygen atoms in total. The number of nitrogen functional groups attached to an aromatic ring is 1. The first-order valence-corrected chi connectivity index (χ1v) is 8.72. The average molecular weight is 383 g/mol. The van der Waals surface area contributed by atoms with E-state index in [2.05, 4.69) is 10.0 Å². The minimum absolute atomic E-state index is 0.0355. The Morgan fingerprint density at radius 2 is 2.00 bits per heavy atom. The summed E-state index contributed by atoms with van der Waals surface area (Å²) in [6, 6.07) is 6.18. The Morgan fingerprint density at radius 1 is 1.28 bits per heavy atom. The molecule has 0 unspecified atom stereocenters. The lowest BCUT2D eigenvalue weighted by Gasteiger charge is -2.11. The van der Waals surface area contributed by atoms with Gasteiger partial charge in [-0.2, -0.15) is 0 Å². The van der Waals surface area contributed by atoms with Gasteiger partial charge in [-0.1, -0.05) is 11.6 Å². The molecule has 0 spiro atoms. The predicted molar refractivity (Wildman–Crippen MR) is 92.1 cm³/mol. The molecule has 2 aromatic rings. The second-order valence-corrected chi connectivity index (χ2v) is 7.36. The van der Waals surface area contributed by atoms with E-state index in [9.17, 15) is 23.3 Å². The van der Waals surface area contributed by atoms with Crippen molar-refractivity contribution in [3.05, 3.63) is 51.0 Å². The number of fused-ring (bicyclic) bond motifs is 1.